The number of halogens is 1. The van der Waals surface area contributed by atoms with Gasteiger partial charge in [0.15, 0.2) is 5.69 Å². The first kappa shape index (κ1) is 25.6. The SMILES string of the molecule is Cc1c(CCNC2=CC(F)=CCC2c2ccc3ncc(CCN(C)C)n3c2)c(C(=O)N(C)C)nn1C. The van der Waals surface area contributed by atoms with Crippen LogP contribution in [-0.4, -0.2) is 76.2 Å². The maximum absolute atomic E-state index is 14.3. The van der Waals surface area contributed by atoms with Gasteiger partial charge < -0.3 is 19.5 Å². The van der Waals surface area contributed by atoms with Crippen LogP contribution in [0.1, 0.15) is 45.3 Å². The van der Waals surface area contributed by atoms with E-state index in [-0.39, 0.29) is 17.7 Å². The van der Waals surface area contributed by atoms with Crippen molar-refractivity contribution in [2.75, 3.05) is 41.3 Å². The van der Waals surface area contributed by atoms with Gasteiger partial charge in [-0.25, -0.2) is 9.37 Å². The molecule has 1 unspecified atom stereocenters. The molecule has 1 amide bonds. The second kappa shape index (κ2) is 10.7. The topological polar surface area (TPSA) is 70.7 Å². The second-order valence-electron chi connectivity index (χ2n) is 9.88. The van der Waals surface area contributed by atoms with Crippen LogP contribution in [0, 0.1) is 6.92 Å². The number of hydrogen-bond donors (Lipinski definition) is 1. The average Bonchev–Trinajstić information content (AvgIpc) is 3.37. The molecule has 0 aliphatic heterocycles. The van der Waals surface area contributed by atoms with E-state index in [4.69, 9.17) is 0 Å². The highest BCUT2D eigenvalue weighted by molar-refractivity contribution is 5.93. The average molecular weight is 494 g/mol. The molecular weight excluding hydrogens is 457 g/mol. The van der Waals surface area contributed by atoms with Gasteiger partial charge in [0.05, 0.1) is 0 Å². The number of nitrogens with one attached hydrogen (secondary N) is 1. The van der Waals surface area contributed by atoms with Crippen molar-refractivity contribution < 1.29 is 9.18 Å². The van der Waals surface area contributed by atoms with Crippen LogP contribution in [0.4, 0.5) is 4.39 Å². The maximum atomic E-state index is 14.3. The molecule has 0 radical (unpaired) electrons. The third kappa shape index (κ3) is 5.36. The molecule has 3 aromatic rings. The van der Waals surface area contributed by atoms with Crippen LogP contribution in [0.2, 0.25) is 0 Å². The van der Waals surface area contributed by atoms with Crippen molar-refractivity contribution >= 4 is 11.6 Å². The number of imidazole rings is 1. The van der Waals surface area contributed by atoms with E-state index in [1.54, 1.807) is 30.9 Å². The Bertz CT molecular complexity index is 1320. The number of carbonyl (C=O) groups is 1. The van der Waals surface area contributed by atoms with Gasteiger partial charge in [-0.3, -0.25) is 9.48 Å². The molecule has 4 rings (SSSR count). The van der Waals surface area contributed by atoms with Crippen LogP contribution < -0.4 is 5.32 Å². The molecule has 36 heavy (non-hydrogen) atoms. The van der Waals surface area contributed by atoms with E-state index < -0.39 is 0 Å². The zero-order valence-electron chi connectivity index (χ0n) is 22.0. The van der Waals surface area contributed by atoms with Crippen molar-refractivity contribution in [3.63, 3.8) is 0 Å². The molecule has 0 saturated carbocycles. The zero-order valence-corrected chi connectivity index (χ0v) is 22.0. The van der Waals surface area contributed by atoms with Gasteiger partial charge in [0.25, 0.3) is 5.91 Å². The monoisotopic (exact) mass is 493 g/mol. The quantitative estimate of drug-likeness (QED) is 0.496. The van der Waals surface area contributed by atoms with Crippen molar-refractivity contribution in [2.45, 2.75) is 32.1 Å². The molecule has 3 heterocycles. The number of nitrogens with zero attached hydrogens (tertiary/aromatic N) is 6. The Balaban J connectivity index is 1.53. The molecule has 0 saturated heterocycles. The molecule has 0 fully saturated rings. The van der Waals surface area contributed by atoms with E-state index in [1.807, 2.05) is 26.2 Å². The first-order valence-corrected chi connectivity index (χ1v) is 12.3. The van der Waals surface area contributed by atoms with Crippen molar-refractivity contribution in [1.29, 1.82) is 0 Å². The number of hydrogen-bond acceptors (Lipinski definition) is 5. The molecule has 192 valence electrons. The summed E-state index contributed by atoms with van der Waals surface area (Å²) >= 11 is 0. The summed E-state index contributed by atoms with van der Waals surface area (Å²) in [4.78, 5) is 20.9. The lowest BCUT2D eigenvalue weighted by molar-refractivity contribution is 0.0820. The highest BCUT2D eigenvalue weighted by Gasteiger charge is 2.23. The zero-order chi connectivity index (χ0) is 26.0. The predicted molar refractivity (Wildman–Crippen MR) is 140 cm³/mol. The summed E-state index contributed by atoms with van der Waals surface area (Å²) in [5, 5.41) is 7.90. The van der Waals surface area contributed by atoms with E-state index >= 15 is 0 Å². The standard InChI is InChI=1S/C27H36FN7O/c1-18-22(26(31-34(18)6)27(36)33(4)5)11-13-29-24-15-20(28)8-9-23(24)19-7-10-25-30-16-21(35(25)17-19)12-14-32(2)3/h7-8,10,15-17,23,29H,9,11-14H2,1-6H3. The smallest absolute Gasteiger partial charge is 0.274 e. The Kier molecular flexibility index (Phi) is 7.59. The Morgan fingerprint density at radius 2 is 2.00 bits per heavy atom. The molecule has 3 aromatic heterocycles. The van der Waals surface area contributed by atoms with Crippen molar-refractivity contribution in [1.82, 2.24) is 34.3 Å². The normalized spacial score (nSPS) is 15.8. The van der Waals surface area contributed by atoms with Gasteiger partial charge in [0.2, 0.25) is 0 Å². The first-order valence-electron chi connectivity index (χ1n) is 12.3. The van der Waals surface area contributed by atoms with Gasteiger partial charge in [0.1, 0.15) is 11.5 Å². The molecule has 9 heteroatoms. The lowest BCUT2D eigenvalue weighted by atomic mass is 9.89. The summed E-state index contributed by atoms with van der Waals surface area (Å²) in [5.74, 6) is -0.336. The fourth-order valence-electron chi connectivity index (χ4n) is 4.60. The third-order valence-corrected chi connectivity index (χ3v) is 6.81. The largest absolute Gasteiger partial charge is 0.387 e. The van der Waals surface area contributed by atoms with Crippen LogP contribution in [0.3, 0.4) is 0 Å². The molecule has 0 aromatic carbocycles. The predicted octanol–water partition coefficient (Wildman–Crippen LogP) is 3.24. The molecule has 1 aliphatic rings. The number of carbonyl (C=O) groups excluding carboxylic acids is 1. The summed E-state index contributed by atoms with van der Waals surface area (Å²) in [5.41, 5.74) is 6.35. The molecule has 8 nitrogen and oxygen atoms in total. The van der Waals surface area contributed by atoms with Crippen molar-refractivity contribution in [2.24, 2.45) is 7.05 Å². The molecule has 1 atom stereocenters. The van der Waals surface area contributed by atoms with Gasteiger partial charge in [-0.15, -0.1) is 0 Å². The number of pyridine rings is 1. The fourth-order valence-corrected chi connectivity index (χ4v) is 4.60. The van der Waals surface area contributed by atoms with Gasteiger partial charge in [-0.05, 0) is 57.6 Å². The first-order chi connectivity index (χ1) is 17.2. The maximum Gasteiger partial charge on any atom is 0.274 e. The number of aryl methyl sites for hydroxylation is 1. The van der Waals surface area contributed by atoms with E-state index in [1.165, 1.54) is 4.90 Å². The minimum atomic E-state index is -0.231. The Hall–Kier alpha value is -3.46. The minimum absolute atomic E-state index is 0.0101. The summed E-state index contributed by atoms with van der Waals surface area (Å²) in [6.07, 6.45) is 9.37. The Labute approximate surface area is 212 Å². The summed E-state index contributed by atoms with van der Waals surface area (Å²) in [6, 6.07) is 4.10. The number of fused-ring (bicyclic) bond motifs is 1. The summed E-state index contributed by atoms with van der Waals surface area (Å²) in [6.45, 7) is 3.47. The van der Waals surface area contributed by atoms with Gasteiger partial charge >= 0.3 is 0 Å². The van der Waals surface area contributed by atoms with E-state index in [9.17, 15) is 9.18 Å². The highest BCUT2D eigenvalue weighted by atomic mass is 19.1. The minimum Gasteiger partial charge on any atom is -0.387 e. The van der Waals surface area contributed by atoms with Crippen molar-refractivity contribution in [3.8, 4) is 0 Å². The molecule has 1 N–H and O–H groups in total. The molecule has 0 bridgehead atoms. The number of likely N-dealkylation sites (N-methyl/N-ethyl adjacent to an activating group) is 1. The van der Waals surface area contributed by atoms with Gasteiger partial charge in [0, 0.05) is 81.6 Å². The number of aromatic nitrogens is 4. The lowest BCUT2D eigenvalue weighted by Gasteiger charge is -2.24. The Morgan fingerprint density at radius 3 is 2.72 bits per heavy atom. The molecule has 1 aliphatic carbocycles. The van der Waals surface area contributed by atoms with Crippen LogP contribution in [-0.2, 0) is 19.9 Å². The number of allylic oxidation sites excluding steroid dienone is 4. The highest BCUT2D eigenvalue weighted by Crippen LogP contribution is 2.32. The van der Waals surface area contributed by atoms with Crippen molar-refractivity contribution in [3.05, 3.63) is 76.4 Å². The van der Waals surface area contributed by atoms with Gasteiger partial charge in [-0.2, -0.15) is 5.10 Å². The van der Waals surface area contributed by atoms with Crippen LogP contribution in [0.25, 0.3) is 5.65 Å². The molecule has 0 spiro atoms. The van der Waals surface area contributed by atoms with Gasteiger partial charge in [-0.1, -0.05) is 6.07 Å². The van der Waals surface area contributed by atoms with E-state index in [2.05, 4.69) is 51.1 Å². The van der Waals surface area contributed by atoms with Crippen LogP contribution in [0.15, 0.2) is 48.2 Å². The number of rotatable bonds is 9. The fraction of sp³-hybridized carbons (Fsp3) is 0.444. The molecular formula is C27H36FN7O. The second-order valence-corrected chi connectivity index (χ2v) is 9.88. The van der Waals surface area contributed by atoms with E-state index in [0.717, 1.165) is 46.8 Å². The summed E-state index contributed by atoms with van der Waals surface area (Å²) in [7, 11) is 9.42. The third-order valence-electron chi connectivity index (χ3n) is 6.81. The van der Waals surface area contributed by atoms with Crippen LogP contribution >= 0.6 is 0 Å². The summed E-state index contributed by atoms with van der Waals surface area (Å²) < 4.78 is 18.2. The Morgan fingerprint density at radius 1 is 1.22 bits per heavy atom. The van der Waals surface area contributed by atoms with E-state index in [0.29, 0.717) is 25.1 Å². The number of amides is 1. The lowest BCUT2D eigenvalue weighted by Crippen LogP contribution is -2.26. The van der Waals surface area contributed by atoms with Crippen LogP contribution in [0.5, 0.6) is 0 Å².